The molecule has 2 aromatic carbocycles. The van der Waals surface area contributed by atoms with Crippen LogP contribution in [0.25, 0.3) is 0 Å². The molecule has 1 unspecified atom stereocenters. The largest absolute Gasteiger partial charge is 0.416 e. The van der Waals surface area contributed by atoms with Crippen LogP contribution in [0.2, 0.25) is 5.02 Å². The quantitative estimate of drug-likeness (QED) is 0.504. The van der Waals surface area contributed by atoms with E-state index in [9.17, 15) is 17.6 Å². The van der Waals surface area contributed by atoms with Crippen molar-refractivity contribution in [2.24, 2.45) is 5.92 Å². The second kappa shape index (κ2) is 8.02. The van der Waals surface area contributed by atoms with Crippen LogP contribution in [0.3, 0.4) is 0 Å². The molecule has 0 N–H and O–H groups in total. The summed E-state index contributed by atoms with van der Waals surface area (Å²) in [5.41, 5.74) is 1.27. The summed E-state index contributed by atoms with van der Waals surface area (Å²) in [7, 11) is 0. The highest BCUT2D eigenvalue weighted by Gasteiger charge is 2.29. The average molecular weight is 359 g/mol. The van der Waals surface area contributed by atoms with Crippen molar-refractivity contribution in [3.63, 3.8) is 0 Å². The first-order chi connectivity index (χ1) is 11.3. The van der Waals surface area contributed by atoms with Crippen molar-refractivity contribution in [3.8, 4) is 0 Å². The maximum absolute atomic E-state index is 13.1. The van der Waals surface area contributed by atoms with Gasteiger partial charge < -0.3 is 0 Å². The Hall–Kier alpha value is -1.55. The summed E-state index contributed by atoms with van der Waals surface area (Å²) < 4.78 is 50.7. The second-order valence-electron chi connectivity index (χ2n) is 6.13. The van der Waals surface area contributed by atoms with Crippen LogP contribution in [-0.4, -0.2) is 0 Å². The molecule has 0 aliphatic carbocycles. The average Bonchev–Trinajstić information content (AvgIpc) is 2.53. The number of benzene rings is 2. The molecule has 0 bridgehead atoms. The third-order valence-electron chi connectivity index (χ3n) is 4.12. The van der Waals surface area contributed by atoms with Gasteiger partial charge in [-0.25, -0.2) is 4.39 Å². The number of aryl methyl sites for hydroxylation is 2. The monoisotopic (exact) mass is 358 g/mol. The normalized spacial score (nSPS) is 13.1. The molecule has 2 aromatic rings. The van der Waals surface area contributed by atoms with Crippen LogP contribution >= 0.6 is 11.6 Å². The molecule has 2 rings (SSSR count). The van der Waals surface area contributed by atoms with E-state index in [4.69, 9.17) is 11.6 Å². The van der Waals surface area contributed by atoms with Gasteiger partial charge in [0.05, 0.1) is 10.6 Å². The third-order valence-corrected chi connectivity index (χ3v) is 4.41. The van der Waals surface area contributed by atoms with Crippen LogP contribution in [0.1, 0.15) is 36.5 Å². The predicted molar refractivity (Wildman–Crippen MR) is 88.7 cm³/mol. The molecule has 130 valence electrons. The lowest BCUT2D eigenvalue weighted by molar-refractivity contribution is -0.137. The lowest BCUT2D eigenvalue weighted by Crippen LogP contribution is -2.05. The van der Waals surface area contributed by atoms with Crippen LogP contribution in [-0.2, 0) is 19.0 Å². The van der Waals surface area contributed by atoms with E-state index in [-0.39, 0.29) is 5.02 Å². The van der Waals surface area contributed by atoms with Crippen molar-refractivity contribution in [3.05, 3.63) is 70.0 Å². The Balaban J connectivity index is 1.80. The van der Waals surface area contributed by atoms with Crippen molar-refractivity contribution in [2.45, 2.75) is 38.8 Å². The van der Waals surface area contributed by atoms with E-state index >= 15 is 0 Å². The lowest BCUT2D eigenvalue weighted by atomic mass is 9.94. The Bertz CT molecular complexity index is 662. The molecule has 0 aliphatic rings. The van der Waals surface area contributed by atoms with Gasteiger partial charge in [0, 0.05) is 0 Å². The minimum atomic E-state index is -4.29. The van der Waals surface area contributed by atoms with Gasteiger partial charge in [-0.05, 0) is 67.0 Å². The number of rotatable bonds is 6. The molecule has 0 spiro atoms. The molecule has 5 heteroatoms. The molecule has 0 heterocycles. The topological polar surface area (TPSA) is 0 Å². The van der Waals surface area contributed by atoms with Gasteiger partial charge in [-0.2, -0.15) is 13.2 Å². The molecule has 1 atom stereocenters. The second-order valence-corrected chi connectivity index (χ2v) is 6.53. The summed E-state index contributed by atoms with van der Waals surface area (Å²) >= 11 is 5.76. The summed E-state index contributed by atoms with van der Waals surface area (Å²) in [6.45, 7) is 2.11. The first kappa shape index (κ1) is 18.8. The minimum absolute atomic E-state index is 0.130. The van der Waals surface area contributed by atoms with E-state index in [1.165, 1.54) is 18.2 Å². The molecule has 24 heavy (non-hydrogen) atoms. The van der Waals surface area contributed by atoms with E-state index in [0.29, 0.717) is 5.92 Å². The zero-order valence-electron chi connectivity index (χ0n) is 13.3. The fraction of sp³-hybridized carbons (Fsp3) is 0.368. The van der Waals surface area contributed by atoms with Crippen molar-refractivity contribution in [1.82, 2.24) is 0 Å². The number of hydrogen-bond acceptors (Lipinski definition) is 0. The molecular weight excluding hydrogens is 340 g/mol. The Morgan fingerprint density at radius 1 is 0.917 bits per heavy atom. The fourth-order valence-electron chi connectivity index (χ4n) is 2.53. The van der Waals surface area contributed by atoms with Crippen LogP contribution < -0.4 is 0 Å². The summed E-state index contributed by atoms with van der Waals surface area (Å²) in [6.07, 6.45) is -0.942. The highest BCUT2D eigenvalue weighted by Crippen LogP contribution is 2.29. The van der Waals surface area contributed by atoms with Gasteiger partial charge in [-0.15, -0.1) is 0 Å². The Morgan fingerprint density at radius 3 is 2.00 bits per heavy atom. The zero-order chi connectivity index (χ0) is 17.7. The van der Waals surface area contributed by atoms with Crippen molar-refractivity contribution in [2.75, 3.05) is 0 Å². The van der Waals surface area contributed by atoms with Gasteiger partial charge in [0.1, 0.15) is 5.82 Å². The standard InChI is InChI=1S/C19H19ClF4/c1-13(3-5-15-8-11-18(21)17(20)12-15)2-4-14-6-9-16(10-7-14)19(22,23)24/h6-13H,2-5H2,1H3. The molecule has 0 radical (unpaired) electrons. The highest BCUT2D eigenvalue weighted by atomic mass is 35.5. The first-order valence-corrected chi connectivity index (χ1v) is 8.23. The summed E-state index contributed by atoms with van der Waals surface area (Å²) in [4.78, 5) is 0. The molecule has 0 nitrogen and oxygen atoms in total. The fourth-order valence-corrected chi connectivity index (χ4v) is 2.73. The summed E-state index contributed by atoms with van der Waals surface area (Å²) in [6, 6.07) is 10.1. The summed E-state index contributed by atoms with van der Waals surface area (Å²) in [5, 5.41) is 0.130. The van der Waals surface area contributed by atoms with Gasteiger partial charge in [0.15, 0.2) is 0 Å². The van der Waals surface area contributed by atoms with E-state index in [1.807, 2.05) is 0 Å². The van der Waals surface area contributed by atoms with Crippen LogP contribution in [0.15, 0.2) is 42.5 Å². The Kier molecular flexibility index (Phi) is 6.27. The highest BCUT2D eigenvalue weighted by molar-refractivity contribution is 6.30. The maximum Gasteiger partial charge on any atom is 0.416 e. The maximum atomic E-state index is 13.1. The molecule has 0 aromatic heterocycles. The third kappa shape index (κ3) is 5.52. The van der Waals surface area contributed by atoms with E-state index < -0.39 is 17.6 Å². The lowest BCUT2D eigenvalue weighted by Gasteiger charge is -2.12. The van der Waals surface area contributed by atoms with E-state index in [1.54, 1.807) is 12.1 Å². The number of alkyl halides is 3. The SMILES string of the molecule is CC(CCc1ccc(C(F)(F)F)cc1)CCc1ccc(F)c(Cl)c1. The summed E-state index contributed by atoms with van der Waals surface area (Å²) in [5.74, 6) is -0.00751. The minimum Gasteiger partial charge on any atom is -0.205 e. The molecule has 0 amide bonds. The number of hydrogen-bond donors (Lipinski definition) is 0. The molecule has 0 saturated carbocycles. The van der Waals surface area contributed by atoms with Crippen LogP contribution in [0, 0.1) is 11.7 Å². The van der Waals surface area contributed by atoms with Gasteiger partial charge in [-0.3, -0.25) is 0 Å². The van der Waals surface area contributed by atoms with Crippen molar-refractivity contribution < 1.29 is 17.6 Å². The smallest absolute Gasteiger partial charge is 0.205 e. The van der Waals surface area contributed by atoms with Gasteiger partial charge in [0.25, 0.3) is 0 Å². The van der Waals surface area contributed by atoms with Gasteiger partial charge in [0.2, 0.25) is 0 Å². The van der Waals surface area contributed by atoms with Gasteiger partial charge >= 0.3 is 6.18 Å². The Labute approximate surface area is 144 Å². The van der Waals surface area contributed by atoms with Crippen LogP contribution in [0.4, 0.5) is 17.6 Å². The molecule has 0 saturated heterocycles. The van der Waals surface area contributed by atoms with Crippen LogP contribution in [0.5, 0.6) is 0 Å². The molecule has 0 aliphatic heterocycles. The van der Waals surface area contributed by atoms with E-state index in [2.05, 4.69) is 6.92 Å². The molecular formula is C19H19ClF4. The Morgan fingerprint density at radius 2 is 1.46 bits per heavy atom. The van der Waals surface area contributed by atoms with Crippen molar-refractivity contribution in [1.29, 1.82) is 0 Å². The predicted octanol–water partition coefficient (Wildman–Crippen LogP) is 6.70. The van der Waals surface area contributed by atoms with E-state index in [0.717, 1.165) is 48.9 Å². The van der Waals surface area contributed by atoms with Crippen molar-refractivity contribution >= 4 is 11.6 Å². The molecule has 0 fully saturated rings. The first-order valence-electron chi connectivity index (χ1n) is 7.86. The van der Waals surface area contributed by atoms with Gasteiger partial charge in [-0.1, -0.05) is 36.7 Å². The zero-order valence-corrected chi connectivity index (χ0v) is 14.1. The number of halogens is 5.